The first-order chi connectivity index (χ1) is 23.8. The Morgan fingerprint density at radius 2 is 1.48 bits per heavy atom. The van der Waals surface area contributed by atoms with Gasteiger partial charge in [0.2, 0.25) is 0 Å². The van der Waals surface area contributed by atoms with Gasteiger partial charge in [-0.25, -0.2) is 9.78 Å². The van der Waals surface area contributed by atoms with Gasteiger partial charge >= 0.3 is 5.97 Å². The van der Waals surface area contributed by atoms with Crippen LogP contribution in [-0.4, -0.2) is 75.1 Å². The van der Waals surface area contributed by atoms with Crippen LogP contribution >= 0.6 is 0 Å². The highest BCUT2D eigenvalue weighted by atomic mass is 16.5. The number of aliphatic hydroxyl groups is 4. The Balaban J connectivity index is 2.33. The van der Waals surface area contributed by atoms with Crippen LogP contribution in [0.25, 0.3) is 6.08 Å². The summed E-state index contributed by atoms with van der Waals surface area (Å²) >= 11 is 0. The Morgan fingerprint density at radius 3 is 2.16 bits per heavy atom. The number of carbonyl (C=O) groups excluding carboxylic acids is 1. The Morgan fingerprint density at radius 1 is 0.860 bits per heavy atom. The molecule has 0 amide bonds. The molecule has 4 N–H and O–H groups in total. The minimum Gasteiger partial charge on any atom is -0.458 e. The Kier molecular flexibility index (Phi) is 19.3. The lowest BCUT2D eigenvalue weighted by Crippen LogP contribution is -2.38. The van der Waals surface area contributed by atoms with Crippen LogP contribution in [0.2, 0.25) is 0 Å². The van der Waals surface area contributed by atoms with E-state index in [0.717, 1.165) is 5.57 Å². The molecule has 0 saturated carbocycles. The molecule has 10 atom stereocenters. The second-order valence-electron chi connectivity index (χ2n) is 13.0. The van der Waals surface area contributed by atoms with Gasteiger partial charge in [0.05, 0.1) is 36.4 Å². The molecule has 0 aromatic carbocycles. The van der Waals surface area contributed by atoms with Crippen molar-refractivity contribution in [3.8, 4) is 0 Å². The van der Waals surface area contributed by atoms with Crippen molar-refractivity contribution in [3.05, 3.63) is 121 Å². The van der Waals surface area contributed by atoms with Crippen LogP contribution in [0.1, 0.15) is 71.9 Å². The summed E-state index contributed by atoms with van der Waals surface area (Å²) in [7, 11) is 1.59. The maximum atomic E-state index is 12.8. The third-order valence-electron chi connectivity index (χ3n) is 8.50. The number of carbonyl (C=O) groups is 1. The van der Waals surface area contributed by atoms with E-state index in [1.807, 2.05) is 58.1 Å². The van der Waals surface area contributed by atoms with Crippen LogP contribution in [0.15, 0.2) is 113 Å². The Bertz CT molecular complexity index is 1430. The summed E-state index contributed by atoms with van der Waals surface area (Å²) in [5.74, 6) is -1.10. The Hall–Kier alpha value is -3.86. The highest BCUT2D eigenvalue weighted by Gasteiger charge is 2.31. The Labute approximate surface area is 298 Å². The molecule has 2 rings (SSSR count). The highest BCUT2D eigenvalue weighted by molar-refractivity contribution is 5.82. The zero-order valence-corrected chi connectivity index (χ0v) is 30.4. The van der Waals surface area contributed by atoms with Crippen molar-refractivity contribution in [2.24, 2.45) is 17.8 Å². The number of esters is 1. The second-order valence-corrected chi connectivity index (χ2v) is 13.0. The van der Waals surface area contributed by atoms with E-state index in [2.05, 4.69) is 4.98 Å². The van der Waals surface area contributed by atoms with Crippen molar-refractivity contribution in [1.82, 2.24) is 4.98 Å². The van der Waals surface area contributed by atoms with Crippen molar-refractivity contribution in [3.63, 3.8) is 0 Å². The maximum Gasteiger partial charge on any atom is 0.331 e. The lowest BCUT2D eigenvalue weighted by molar-refractivity contribution is -0.150. The van der Waals surface area contributed by atoms with Gasteiger partial charge in [-0.1, -0.05) is 124 Å². The van der Waals surface area contributed by atoms with E-state index in [-0.39, 0.29) is 30.3 Å². The number of ether oxygens (including phenoxy) is 2. The smallest absolute Gasteiger partial charge is 0.331 e. The lowest BCUT2D eigenvalue weighted by atomic mass is 9.86. The minimum absolute atomic E-state index is 0.134. The van der Waals surface area contributed by atoms with Gasteiger partial charge in [0.15, 0.2) is 5.89 Å². The highest BCUT2D eigenvalue weighted by Crippen LogP contribution is 2.26. The van der Waals surface area contributed by atoms with Gasteiger partial charge in [-0.15, -0.1) is 0 Å². The zero-order valence-electron chi connectivity index (χ0n) is 30.4. The molecule has 1 aromatic heterocycles. The third kappa shape index (κ3) is 15.8. The standard InChI is InChI=1S/C41H57NO8/c1-28-18-12-8-11-15-23-39(47)50-40(32(5)37(46)25-31(4)43)29(2)19-13-9-10-14-21-35(44)26-38(48-7)33(6)41-42-34(27-49-41)20-16-17-22-36(45)30(3)24-28/h8-24,27,29-33,35-38,40,43-46H,25-26H2,1-7H3/b10-9+,11-8-,18-12-,19-13-,20-16+,21-14+,22-17-,23-15+,28-24?/t29-,30+,31+,32-,33+,35-,36-,37-,38+,40-/m0/s1. The quantitative estimate of drug-likeness (QED) is 0.248. The summed E-state index contributed by atoms with van der Waals surface area (Å²) in [6, 6.07) is 0. The summed E-state index contributed by atoms with van der Waals surface area (Å²) in [6.07, 6.45) is 27.9. The molecule has 2 heterocycles. The number of hydrogen-bond acceptors (Lipinski definition) is 9. The van der Waals surface area contributed by atoms with Crippen molar-refractivity contribution in [2.75, 3.05) is 7.11 Å². The zero-order chi connectivity index (χ0) is 37.1. The third-order valence-corrected chi connectivity index (χ3v) is 8.50. The van der Waals surface area contributed by atoms with Gasteiger partial charge in [-0.2, -0.15) is 0 Å². The SMILES string of the molecule is CO[C@@H]1C[C@@H](O)/C=C/C=C/C=C\[C@H](C)[C@@H]([C@@H](C)[C@@H](O)C[C@@H](C)O)OC(=O)/C=C/C=C\C=C/C(C)=C[C@@H](C)[C@@H](O)/C=C\C=C\c2coc(n2)[C@@H]1C. The summed E-state index contributed by atoms with van der Waals surface area (Å²) in [4.78, 5) is 17.3. The predicted octanol–water partition coefficient (Wildman–Crippen LogP) is 6.72. The monoisotopic (exact) mass is 691 g/mol. The normalized spacial score (nSPS) is 33.5. The molecule has 0 saturated heterocycles. The number of aliphatic hydroxyl groups excluding tert-OH is 4. The fourth-order valence-electron chi connectivity index (χ4n) is 5.43. The number of aromatic nitrogens is 1. The molecule has 0 aliphatic carbocycles. The number of oxazole rings is 1. The predicted molar refractivity (Wildman–Crippen MR) is 199 cm³/mol. The molecule has 9 heteroatoms. The summed E-state index contributed by atoms with van der Waals surface area (Å²) < 4.78 is 17.2. The van der Waals surface area contributed by atoms with Crippen molar-refractivity contribution >= 4 is 12.0 Å². The summed E-state index contributed by atoms with van der Waals surface area (Å²) in [6.45, 7) is 11.1. The molecule has 274 valence electrons. The summed E-state index contributed by atoms with van der Waals surface area (Å²) in [5.41, 5.74) is 1.60. The topological polar surface area (TPSA) is 142 Å². The maximum absolute atomic E-state index is 12.8. The lowest BCUT2D eigenvalue weighted by Gasteiger charge is -2.31. The van der Waals surface area contributed by atoms with E-state index < -0.39 is 42.4 Å². The fraction of sp³-hybridized carbons (Fsp3) is 0.463. The van der Waals surface area contributed by atoms with E-state index in [1.54, 1.807) is 94.1 Å². The first-order valence-corrected chi connectivity index (χ1v) is 17.3. The van der Waals surface area contributed by atoms with E-state index in [4.69, 9.17) is 13.9 Å². The van der Waals surface area contributed by atoms with Crippen molar-refractivity contribution in [2.45, 2.75) is 96.9 Å². The molecular formula is C41H57NO8. The van der Waals surface area contributed by atoms with E-state index in [1.165, 1.54) is 6.08 Å². The number of methoxy groups -OCH3 is 1. The number of cyclic esters (lactones) is 1. The average Bonchev–Trinajstić information content (AvgIpc) is 3.55. The van der Waals surface area contributed by atoms with E-state index in [0.29, 0.717) is 18.0 Å². The van der Waals surface area contributed by atoms with Crippen LogP contribution in [0.3, 0.4) is 0 Å². The van der Waals surface area contributed by atoms with Crippen molar-refractivity contribution in [1.29, 1.82) is 0 Å². The minimum atomic E-state index is -0.873. The van der Waals surface area contributed by atoms with Gasteiger partial charge < -0.3 is 34.3 Å². The first-order valence-electron chi connectivity index (χ1n) is 17.3. The van der Waals surface area contributed by atoms with Crippen LogP contribution < -0.4 is 0 Å². The van der Waals surface area contributed by atoms with E-state index >= 15 is 0 Å². The number of hydrogen-bond donors (Lipinski definition) is 4. The van der Waals surface area contributed by atoms with Crippen LogP contribution in [0, 0.1) is 17.8 Å². The number of fused-ring (bicyclic) bond motifs is 2. The number of rotatable bonds is 5. The van der Waals surface area contributed by atoms with E-state index in [9.17, 15) is 25.2 Å². The van der Waals surface area contributed by atoms with Crippen molar-refractivity contribution < 1.29 is 39.1 Å². The average molecular weight is 692 g/mol. The van der Waals surface area contributed by atoms with Gasteiger partial charge in [0.25, 0.3) is 0 Å². The molecule has 50 heavy (non-hydrogen) atoms. The van der Waals surface area contributed by atoms with Gasteiger partial charge in [0, 0.05) is 37.4 Å². The fourth-order valence-corrected chi connectivity index (χ4v) is 5.43. The van der Waals surface area contributed by atoms with Gasteiger partial charge in [0.1, 0.15) is 18.1 Å². The number of nitrogens with zero attached hydrogens (tertiary/aromatic N) is 1. The summed E-state index contributed by atoms with van der Waals surface area (Å²) in [5, 5.41) is 41.8. The molecule has 0 unspecified atom stereocenters. The molecule has 0 radical (unpaired) electrons. The van der Waals surface area contributed by atoms with Crippen LogP contribution in [-0.2, 0) is 14.3 Å². The molecule has 1 aromatic rings. The molecule has 2 bridgehead atoms. The second kappa shape index (κ2) is 22.8. The molecular weight excluding hydrogens is 634 g/mol. The van der Waals surface area contributed by atoms with Gasteiger partial charge in [-0.05, 0) is 26.3 Å². The molecule has 1 aliphatic heterocycles. The van der Waals surface area contributed by atoms with Crippen LogP contribution in [0.5, 0.6) is 0 Å². The van der Waals surface area contributed by atoms with Crippen LogP contribution in [0.4, 0.5) is 0 Å². The van der Waals surface area contributed by atoms with Gasteiger partial charge in [-0.3, -0.25) is 0 Å². The first kappa shape index (κ1) is 42.3. The largest absolute Gasteiger partial charge is 0.458 e. The molecule has 0 fully saturated rings. The molecule has 9 nitrogen and oxygen atoms in total. The number of allylic oxidation sites excluding steroid dienone is 12. The molecule has 0 spiro atoms. The molecule has 1 aliphatic rings.